The van der Waals surface area contributed by atoms with Crippen molar-refractivity contribution < 1.29 is 9.59 Å². The fraction of sp³-hybridized carbons (Fsp3) is 0.704. The first kappa shape index (κ1) is 25.5. The van der Waals surface area contributed by atoms with Gasteiger partial charge in [0.15, 0.2) is 0 Å². The fourth-order valence-electron chi connectivity index (χ4n) is 6.02. The third-order valence-corrected chi connectivity index (χ3v) is 8.31. The number of hydrogen-bond acceptors (Lipinski definition) is 4. The Morgan fingerprint density at radius 2 is 1.65 bits per heavy atom. The molecule has 2 atom stereocenters. The molecule has 0 radical (unpaired) electrons. The van der Waals surface area contributed by atoms with Gasteiger partial charge in [0, 0.05) is 55.9 Å². The van der Waals surface area contributed by atoms with Gasteiger partial charge in [-0.3, -0.25) is 14.5 Å². The van der Waals surface area contributed by atoms with E-state index in [-0.39, 0.29) is 17.9 Å². The third kappa shape index (κ3) is 6.52. The molecule has 1 N–H and O–H groups in total. The Bertz CT molecular complexity index is 803. The van der Waals surface area contributed by atoms with Crippen molar-refractivity contribution in [2.24, 2.45) is 5.92 Å². The first-order valence-electron chi connectivity index (χ1n) is 13.3. The second-order valence-corrected chi connectivity index (χ2v) is 10.8. The quantitative estimate of drug-likeness (QED) is 0.561. The van der Waals surface area contributed by atoms with Crippen molar-refractivity contribution in [1.82, 2.24) is 20.0 Å². The van der Waals surface area contributed by atoms with E-state index in [4.69, 9.17) is 11.6 Å². The second-order valence-electron chi connectivity index (χ2n) is 10.3. The largest absolute Gasteiger partial charge is 0.355 e. The molecule has 2 heterocycles. The zero-order valence-corrected chi connectivity index (χ0v) is 21.4. The maximum absolute atomic E-state index is 13.4. The summed E-state index contributed by atoms with van der Waals surface area (Å²) in [6, 6.07) is 7.70. The van der Waals surface area contributed by atoms with Gasteiger partial charge in [0.1, 0.15) is 0 Å². The molecule has 1 aliphatic carbocycles. The van der Waals surface area contributed by atoms with E-state index in [0.29, 0.717) is 35.6 Å². The number of carbonyl (C=O) groups excluding carboxylic acids is 2. The van der Waals surface area contributed by atoms with Crippen molar-refractivity contribution in [3.05, 3.63) is 34.9 Å². The van der Waals surface area contributed by atoms with Crippen LogP contribution in [0.5, 0.6) is 0 Å². The molecule has 6 nitrogen and oxygen atoms in total. The normalized spacial score (nSPS) is 23.7. The summed E-state index contributed by atoms with van der Waals surface area (Å²) in [5.41, 5.74) is 0.672. The molecular formula is C27H41ClN4O2. The Balaban J connectivity index is 1.28. The molecule has 2 saturated heterocycles. The van der Waals surface area contributed by atoms with Crippen LogP contribution in [0.4, 0.5) is 0 Å². The lowest BCUT2D eigenvalue weighted by Gasteiger charge is -2.41. The Hall–Kier alpha value is -1.63. The topological polar surface area (TPSA) is 55.9 Å². The van der Waals surface area contributed by atoms with E-state index in [1.807, 2.05) is 4.90 Å². The first-order chi connectivity index (χ1) is 16.5. The predicted molar refractivity (Wildman–Crippen MR) is 137 cm³/mol. The zero-order valence-electron chi connectivity index (χ0n) is 20.7. The molecule has 34 heavy (non-hydrogen) atoms. The van der Waals surface area contributed by atoms with Gasteiger partial charge in [0.05, 0.1) is 6.04 Å². The van der Waals surface area contributed by atoms with Crippen LogP contribution in [0.25, 0.3) is 0 Å². The molecule has 2 aliphatic heterocycles. The van der Waals surface area contributed by atoms with Crippen molar-refractivity contribution >= 4 is 23.4 Å². The van der Waals surface area contributed by atoms with E-state index in [0.717, 1.165) is 45.4 Å². The number of nitrogens with zero attached hydrogens (tertiary/aromatic N) is 3. The van der Waals surface area contributed by atoms with Crippen molar-refractivity contribution in [2.45, 2.75) is 70.4 Å². The third-order valence-electron chi connectivity index (χ3n) is 8.06. The number of hydrogen-bond donors (Lipinski definition) is 1. The molecule has 0 bridgehead atoms. The van der Waals surface area contributed by atoms with Crippen LogP contribution in [-0.4, -0.2) is 84.4 Å². The van der Waals surface area contributed by atoms with Gasteiger partial charge in [-0.05, 0) is 75.8 Å². The monoisotopic (exact) mass is 488 g/mol. The van der Waals surface area contributed by atoms with Crippen molar-refractivity contribution in [3.63, 3.8) is 0 Å². The van der Waals surface area contributed by atoms with E-state index in [1.54, 1.807) is 24.3 Å². The molecule has 3 aliphatic rings. The molecular weight excluding hydrogens is 448 g/mol. The lowest BCUT2D eigenvalue weighted by molar-refractivity contribution is -0.129. The Kier molecular flexibility index (Phi) is 9.26. The molecule has 0 unspecified atom stereocenters. The highest BCUT2D eigenvalue weighted by Crippen LogP contribution is 2.31. The predicted octanol–water partition coefficient (Wildman–Crippen LogP) is 4.04. The van der Waals surface area contributed by atoms with Crippen LogP contribution in [0, 0.1) is 5.92 Å². The van der Waals surface area contributed by atoms with E-state index in [1.165, 1.54) is 38.6 Å². The average Bonchev–Trinajstić information content (AvgIpc) is 3.38. The lowest BCUT2D eigenvalue weighted by Crippen LogP contribution is -2.58. The lowest BCUT2D eigenvalue weighted by atomic mass is 9.95. The summed E-state index contributed by atoms with van der Waals surface area (Å²) in [5.74, 6) is 0.668. The van der Waals surface area contributed by atoms with Crippen LogP contribution < -0.4 is 5.32 Å². The molecule has 188 valence electrons. The van der Waals surface area contributed by atoms with Gasteiger partial charge in [-0.25, -0.2) is 0 Å². The number of amides is 2. The maximum atomic E-state index is 13.4. The van der Waals surface area contributed by atoms with Crippen LogP contribution >= 0.6 is 11.6 Å². The molecule has 7 heteroatoms. The van der Waals surface area contributed by atoms with Crippen molar-refractivity contribution in [1.29, 1.82) is 0 Å². The zero-order chi connectivity index (χ0) is 23.9. The van der Waals surface area contributed by atoms with Gasteiger partial charge < -0.3 is 15.1 Å². The summed E-state index contributed by atoms with van der Waals surface area (Å²) in [6.07, 6.45) is 9.65. The van der Waals surface area contributed by atoms with Crippen LogP contribution in [0.1, 0.15) is 68.6 Å². The molecule has 0 aromatic heterocycles. The number of halogens is 1. The van der Waals surface area contributed by atoms with Gasteiger partial charge in [0.2, 0.25) is 5.91 Å². The van der Waals surface area contributed by atoms with E-state index >= 15 is 0 Å². The molecule has 1 saturated carbocycles. The molecule has 2 amide bonds. The number of benzene rings is 1. The minimum atomic E-state index is -0.0656. The minimum absolute atomic E-state index is 0.0464. The second kappa shape index (κ2) is 12.4. The first-order valence-corrected chi connectivity index (χ1v) is 13.7. The fourth-order valence-corrected chi connectivity index (χ4v) is 6.14. The number of carbonyl (C=O) groups is 2. The maximum Gasteiger partial charge on any atom is 0.253 e. The van der Waals surface area contributed by atoms with Crippen LogP contribution in [0.3, 0.4) is 0 Å². The highest BCUT2D eigenvalue weighted by atomic mass is 35.5. The van der Waals surface area contributed by atoms with Crippen molar-refractivity contribution in [2.75, 3.05) is 45.8 Å². The average molecular weight is 489 g/mol. The van der Waals surface area contributed by atoms with Crippen LogP contribution in [0.2, 0.25) is 5.02 Å². The minimum Gasteiger partial charge on any atom is -0.355 e. The van der Waals surface area contributed by atoms with E-state index in [9.17, 15) is 9.59 Å². The smallest absolute Gasteiger partial charge is 0.253 e. The van der Waals surface area contributed by atoms with Crippen LogP contribution in [-0.2, 0) is 4.79 Å². The summed E-state index contributed by atoms with van der Waals surface area (Å²) in [7, 11) is 0. The standard InChI is InChI=1S/C27H41ClN4O2/c1-21-7-4-5-15-30(21)16-6-14-29-26(33)25(22-8-2-3-9-22)31-17-19-32(20-18-31)27(34)23-10-12-24(28)13-11-23/h10-13,21-22,25H,2-9,14-20H2,1H3,(H,29,33)/t21-,25+/m0/s1. The summed E-state index contributed by atoms with van der Waals surface area (Å²) >= 11 is 5.97. The number of nitrogens with one attached hydrogen (secondary N) is 1. The highest BCUT2D eigenvalue weighted by Gasteiger charge is 2.37. The van der Waals surface area contributed by atoms with Gasteiger partial charge in [-0.2, -0.15) is 0 Å². The van der Waals surface area contributed by atoms with E-state index < -0.39 is 0 Å². The number of likely N-dealkylation sites (tertiary alicyclic amines) is 1. The summed E-state index contributed by atoms with van der Waals surface area (Å²) < 4.78 is 0. The summed E-state index contributed by atoms with van der Waals surface area (Å²) in [4.78, 5) is 33.1. The Labute approximate surface area is 210 Å². The molecule has 3 fully saturated rings. The SMILES string of the molecule is C[C@H]1CCCCN1CCCNC(=O)[C@@H](C1CCCC1)N1CCN(C(=O)c2ccc(Cl)cc2)CC1. The van der Waals surface area contributed by atoms with Gasteiger partial charge in [-0.1, -0.05) is 30.9 Å². The van der Waals surface area contributed by atoms with Gasteiger partial charge >= 0.3 is 0 Å². The van der Waals surface area contributed by atoms with Gasteiger partial charge in [-0.15, -0.1) is 0 Å². The Morgan fingerprint density at radius 1 is 0.971 bits per heavy atom. The van der Waals surface area contributed by atoms with Gasteiger partial charge in [0.25, 0.3) is 5.91 Å². The highest BCUT2D eigenvalue weighted by molar-refractivity contribution is 6.30. The van der Waals surface area contributed by atoms with Crippen molar-refractivity contribution in [3.8, 4) is 0 Å². The molecule has 0 spiro atoms. The number of rotatable bonds is 8. The number of piperidine rings is 1. The molecule has 1 aromatic carbocycles. The summed E-state index contributed by atoms with van der Waals surface area (Å²) in [5, 5.41) is 3.91. The van der Waals surface area contributed by atoms with Crippen LogP contribution in [0.15, 0.2) is 24.3 Å². The molecule has 4 rings (SSSR count). The summed E-state index contributed by atoms with van der Waals surface area (Å²) in [6.45, 7) is 8.15. The van der Waals surface area contributed by atoms with E-state index in [2.05, 4.69) is 22.0 Å². The number of piperazine rings is 1. The Morgan fingerprint density at radius 3 is 2.32 bits per heavy atom. The molecule has 1 aromatic rings.